The Bertz CT molecular complexity index is 1130. The van der Waals surface area contributed by atoms with Gasteiger partial charge in [0.2, 0.25) is 11.7 Å². The van der Waals surface area contributed by atoms with Crippen LogP contribution in [0.15, 0.2) is 46.9 Å². The quantitative estimate of drug-likeness (QED) is 0.599. The standard InChI is InChI=1S/C21H18ClFN2O5/c1-12-13-6-5-8-15(23)20(13)30-19(12)21(28)29-11-18(27)25(2)10-17(26)24-16-9-4-3-7-14(16)22/h3-9H,10-11H2,1-2H3,(H,24,26). The van der Waals surface area contributed by atoms with Crippen molar-refractivity contribution in [3.05, 3.63) is 64.6 Å². The number of hydrogen-bond donors (Lipinski definition) is 1. The molecule has 0 aliphatic heterocycles. The smallest absolute Gasteiger partial charge is 0.375 e. The van der Waals surface area contributed by atoms with Crippen LogP contribution in [0.2, 0.25) is 5.02 Å². The highest BCUT2D eigenvalue weighted by atomic mass is 35.5. The molecule has 3 rings (SSSR count). The molecule has 0 bridgehead atoms. The Morgan fingerprint density at radius 3 is 2.60 bits per heavy atom. The summed E-state index contributed by atoms with van der Waals surface area (Å²) in [5.74, 6) is -2.74. The van der Waals surface area contributed by atoms with E-state index in [9.17, 15) is 18.8 Å². The third-order valence-corrected chi connectivity index (χ3v) is 4.71. The predicted octanol–water partition coefficient (Wildman–Crippen LogP) is 3.79. The number of halogens is 2. The summed E-state index contributed by atoms with van der Waals surface area (Å²) in [4.78, 5) is 37.7. The van der Waals surface area contributed by atoms with E-state index in [-0.39, 0.29) is 17.9 Å². The van der Waals surface area contributed by atoms with Crippen LogP contribution in [0.1, 0.15) is 16.1 Å². The fraction of sp³-hybridized carbons (Fsp3) is 0.190. The maximum absolute atomic E-state index is 13.8. The molecule has 2 aromatic carbocycles. The molecule has 0 radical (unpaired) electrons. The van der Waals surface area contributed by atoms with Gasteiger partial charge in [-0.25, -0.2) is 9.18 Å². The zero-order chi connectivity index (χ0) is 21.8. The number of carbonyl (C=O) groups excluding carboxylic acids is 3. The molecule has 2 amide bonds. The van der Waals surface area contributed by atoms with Crippen LogP contribution in [0, 0.1) is 12.7 Å². The largest absolute Gasteiger partial charge is 0.450 e. The molecule has 0 aliphatic rings. The minimum absolute atomic E-state index is 0.0540. The Kier molecular flexibility index (Phi) is 6.37. The van der Waals surface area contributed by atoms with Gasteiger partial charge in [-0.05, 0) is 25.1 Å². The Hall–Kier alpha value is -3.39. The number of anilines is 1. The first-order chi connectivity index (χ1) is 14.3. The first-order valence-electron chi connectivity index (χ1n) is 8.91. The molecule has 0 saturated heterocycles. The Morgan fingerprint density at radius 2 is 1.90 bits per heavy atom. The van der Waals surface area contributed by atoms with Crippen LogP contribution in [0.5, 0.6) is 0 Å². The molecule has 0 saturated carbocycles. The van der Waals surface area contributed by atoms with Crippen molar-refractivity contribution in [3.63, 3.8) is 0 Å². The summed E-state index contributed by atoms with van der Waals surface area (Å²) in [6.07, 6.45) is 0. The molecule has 0 atom stereocenters. The van der Waals surface area contributed by atoms with Gasteiger partial charge in [0.25, 0.3) is 5.91 Å². The second-order valence-electron chi connectivity index (χ2n) is 6.53. The number of nitrogens with one attached hydrogen (secondary N) is 1. The van der Waals surface area contributed by atoms with Crippen LogP contribution >= 0.6 is 11.6 Å². The highest BCUT2D eigenvalue weighted by Crippen LogP contribution is 2.27. The lowest BCUT2D eigenvalue weighted by Crippen LogP contribution is -2.37. The van der Waals surface area contributed by atoms with Gasteiger partial charge in [0.1, 0.15) is 0 Å². The number of carbonyl (C=O) groups is 3. The molecule has 7 nitrogen and oxygen atoms in total. The van der Waals surface area contributed by atoms with Crippen LogP contribution in [0.25, 0.3) is 11.0 Å². The normalized spacial score (nSPS) is 10.7. The Labute approximate surface area is 176 Å². The minimum Gasteiger partial charge on any atom is -0.450 e. The molecule has 0 unspecified atom stereocenters. The number of nitrogens with zero attached hydrogens (tertiary/aromatic N) is 1. The zero-order valence-corrected chi connectivity index (χ0v) is 17.0. The molecule has 1 aromatic heterocycles. The van der Waals surface area contributed by atoms with E-state index in [2.05, 4.69) is 5.32 Å². The van der Waals surface area contributed by atoms with Gasteiger partial charge in [-0.2, -0.15) is 0 Å². The van der Waals surface area contributed by atoms with Crippen molar-refractivity contribution >= 4 is 46.0 Å². The predicted molar refractivity (Wildman–Crippen MR) is 109 cm³/mol. The topological polar surface area (TPSA) is 88.9 Å². The minimum atomic E-state index is -0.898. The number of hydrogen-bond acceptors (Lipinski definition) is 5. The van der Waals surface area contributed by atoms with Gasteiger partial charge in [-0.15, -0.1) is 0 Å². The first-order valence-corrected chi connectivity index (χ1v) is 9.28. The molecule has 9 heteroatoms. The third kappa shape index (κ3) is 4.60. The molecule has 0 spiro atoms. The van der Waals surface area contributed by atoms with Crippen molar-refractivity contribution in [1.82, 2.24) is 4.90 Å². The molecule has 1 N–H and O–H groups in total. The maximum atomic E-state index is 13.8. The van der Waals surface area contributed by atoms with E-state index in [1.54, 1.807) is 37.3 Å². The number of likely N-dealkylation sites (N-methyl/N-ethyl adjacent to an activating group) is 1. The van der Waals surface area contributed by atoms with Crippen molar-refractivity contribution < 1.29 is 27.9 Å². The molecule has 30 heavy (non-hydrogen) atoms. The van der Waals surface area contributed by atoms with Crippen LogP contribution in [-0.4, -0.2) is 42.9 Å². The van der Waals surface area contributed by atoms with Gasteiger partial charge < -0.3 is 19.4 Å². The summed E-state index contributed by atoms with van der Waals surface area (Å²) in [7, 11) is 1.39. The van der Waals surface area contributed by atoms with Gasteiger partial charge >= 0.3 is 5.97 Å². The van der Waals surface area contributed by atoms with Gasteiger partial charge in [0.05, 0.1) is 17.3 Å². The van der Waals surface area contributed by atoms with Crippen molar-refractivity contribution in [2.45, 2.75) is 6.92 Å². The van der Waals surface area contributed by atoms with Gasteiger partial charge in [-0.1, -0.05) is 35.9 Å². The highest BCUT2D eigenvalue weighted by molar-refractivity contribution is 6.33. The monoisotopic (exact) mass is 432 g/mol. The maximum Gasteiger partial charge on any atom is 0.375 e. The number of esters is 1. The lowest BCUT2D eigenvalue weighted by atomic mass is 10.1. The zero-order valence-electron chi connectivity index (χ0n) is 16.2. The highest BCUT2D eigenvalue weighted by Gasteiger charge is 2.22. The second-order valence-corrected chi connectivity index (χ2v) is 6.93. The van der Waals surface area contributed by atoms with Crippen molar-refractivity contribution in [2.75, 3.05) is 25.5 Å². The molecular weight excluding hydrogens is 415 g/mol. The summed E-state index contributed by atoms with van der Waals surface area (Å²) in [5.41, 5.74) is 0.778. The van der Waals surface area contributed by atoms with Crippen LogP contribution in [0.4, 0.5) is 10.1 Å². The lowest BCUT2D eigenvalue weighted by Gasteiger charge is -2.17. The van der Waals surface area contributed by atoms with Crippen LogP contribution < -0.4 is 5.32 Å². The number of ether oxygens (including phenoxy) is 1. The number of para-hydroxylation sites is 2. The van der Waals surface area contributed by atoms with Crippen LogP contribution in [0.3, 0.4) is 0 Å². The van der Waals surface area contributed by atoms with E-state index in [4.69, 9.17) is 20.8 Å². The van der Waals surface area contributed by atoms with Crippen molar-refractivity contribution in [1.29, 1.82) is 0 Å². The Morgan fingerprint density at radius 1 is 1.17 bits per heavy atom. The molecule has 0 fully saturated rings. The fourth-order valence-corrected chi connectivity index (χ4v) is 2.95. The van der Waals surface area contributed by atoms with Gasteiger partial charge in [-0.3, -0.25) is 9.59 Å². The average Bonchev–Trinajstić information content (AvgIpc) is 3.05. The molecule has 1 heterocycles. The summed E-state index contributed by atoms with van der Waals surface area (Å²) in [6, 6.07) is 11.0. The first kappa shape index (κ1) is 21.3. The summed E-state index contributed by atoms with van der Waals surface area (Å²) in [5, 5.41) is 3.40. The second kappa shape index (κ2) is 8.96. The SMILES string of the molecule is Cc1c(C(=O)OCC(=O)N(C)CC(=O)Nc2ccccc2Cl)oc2c(F)cccc12. The van der Waals surface area contributed by atoms with E-state index < -0.39 is 30.2 Å². The average molecular weight is 433 g/mol. The summed E-state index contributed by atoms with van der Waals surface area (Å²) < 4.78 is 24.1. The number of benzene rings is 2. The molecular formula is C21H18ClFN2O5. The van der Waals surface area contributed by atoms with Crippen molar-refractivity contribution in [2.24, 2.45) is 0 Å². The van der Waals surface area contributed by atoms with Crippen LogP contribution in [-0.2, 0) is 14.3 Å². The number of rotatable bonds is 6. The Balaban J connectivity index is 1.56. The number of furan rings is 1. The summed E-state index contributed by atoms with van der Waals surface area (Å²) >= 11 is 5.98. The lowest BCUT2D eigenvalue weighted by molar-refractivity contribution is -0.136. The fourth-order valence-electron chi connectivity index (χ4n) is 2.76. The number of fused-ring (bicyclic) bond motifs is 1. The van der Waals surface area contributed by atoms with E-state index in [1.165, 1.54) is 19.2 Å². The third-order valence-electron chi connectivity index (χ3n) is 4.38. The van der Waals surface area contributed by atoms with E-state index in [0.717, 1.165) is 4.90 Å². The van der Waals surface area contributed by atoms with E-state index >= 15 is 0 Å². The number of amides is 2. The number of aryl methyl sites for hydroxylation is 1. The van der Waals surface area contributed by atoms with Crippen molar-refractivity contribution in [3.8, 4) is 0 Å². The molecule has 156 valence electrons. The molecule has 3 aromatic rings. The van der Waals surface area contributed by atoms with Gasteiger partial charge in [0.15, 0.2) is 18.0 Å². The van der Waals surface area contributed by atoms with E-state index in [1.807, 2.05) is 0 Å². The summed E-state index contributed by atoms with van der Waals surface area (Å²) in [6.45, 7) is 0.721. The molecule has 0 aliphatic carbocycles. The van der Waals surface area contributed by atoms with Gasteiger partial charge in [0, 0.05) is 18.0 Å². The van der Waals surface area contributed by atoms with E-state index in [0.29, 0.717) is 21.7 Å².